The predicted octanol–water partition coefficient (Wildman–Crippen LogP) is 0.636. The maximum Gasteiger partial charge on any atom is 0.118 e. The fourth-order valence-corrected chi connectivity index (χ4v) is 4.01. The summed E-state index contributed by atoms with van der Waals surface area (Å²) < 4.78 is 5.85. The van der Waals surface area contributed by atoms with Gasteiger partial charge in [0, 0.05) is 6.61 Å². The van der Waals surface area contributed by atoms with Crippen molar-refractivity contribution in [2.45, 2.75) is 37.3 Å². The molecular weight excluding hydrogens is 186 g/mol. The van der Waals surface area contributed by atoms with Gasteiger partial charge < -0.3 is 10.5 Å². The van der Waals surface area contributed by atoms with Crippen LogP contribution in [0.1, 0.15) is 32.1 Å². The van der Waals surface area contributed by atoms with E-state index < -0.39 is 0 Å². The average molecular weight is 205 g/mol. The maximum atomic E-state index is 5.85. The monoisotopic (exact) mass is 205 g/mol. The largest absolute Gasteiger partial charge is 0.378 e. The van der Waals surface area contributed by atoms with Gasteiger partial charge in [-0.2, -0.15) is 0 Å². The van der Waals surface area contributed by atoms with Crippen molar-refractivity contribution in [2.75, 3.05) is 13.2 Å². The van der Waals surface area contributed by atoms with Crippen LogP contribution in [0.3, 0.4) is 0 Å². The first-order valence-electron chi connectivity index (χ1n) is 4.78. The zero-order chi connectivity index (χ0) is 8.86. The molecule has 2 N–H and O–H groups in total. The van der Waals surface area contributed by atoms with Gasteiger partial charge in [-0.3, -0.25) is 0 Å². The summed E-state index contributed by atoms with van der Waals surface area (Å²) in [6, 6.07) is 0. The van der Waals surface area contributed by atoms with Gasteiger partial charge in [0.05, 0.1) is 5.22 Å². The standard InChI is InChI=1S/C8H19NOSSi/c9-6-3-5-8(12-11)4-1-2-7-10-8/h11H,1-7,9,12H2. The molecule has 0 aromatic heterocycles. The van der Waals surface area contributed by atoms with Crippen molar-refractivity contribution in [1.29, 1.82) is 0 Å². The summed E-state index contributed by atoms with van der Waals surface area (Å²) in [6.07, 6.45) is 6.00. The second-order valence-corrected chi connectivity index (χ2v) is 6.09. The molecule has 2 nitrogen and oxygen atoms in total. The summed E-state index contributed by atoms with van der Waals surface area (Å²) in [7, 11) is -0.342. The molecule has 1 rings (SSSR count). The first kappa shape index (κ1) is 10.6. The molecular formula is C8H19NOSSi. The fraction of sp³-hybridized carbons (Fsp3) is 1.00. The first-order chi connectivity index (χ1) is 5.83. The van der Waals surface area contributed by atoms with Crippen molar-refractivity contribution in [3.63, 3.8) is 0 Å². The molecule has 1 heterocycles. The van der Waals surface area contributed by atoms with Crippen molar-refractivity contribution in [2.24, 2.45) is 5.73 Å². The van der Waals surface area contributed by atoms with Crippen LogP contribution in [0.5, 0.6) is 0 Å². The third kappa shape index (κ3) is 2.76. The summed E-state index contributed by atoms with van der Waals surface area (Å²) >= 11 is 4.50. The van der Waals surface area contributed by atoms with E-state index in [-0.39, 0.29) is 13.9 Å². The fourth-order valence-electron chi connectivity index (χ4n) is 1.74. The molecule has 0 bridgehead atoms. The van der Waals surface area contributed by atoms with E-state index in [9.17, 15) is 0 Å². The quantitative estimate of drug-likeness (QED) is 0.522. The maximum absolute atomic E-state index is 5.85. The smallest absolute Gasteiger partial charge is 0.118 e. The minimum Gasteiger partial charge on any atom is -0.378 e. The van der Waals surface area contributed by atoms with Gasteiger partial charge in [-0.1, -0.05) is 0 Å². The van der Waals surface area contributed by atoms with E-state index in [0.29, 0.717) is 0 Å². The van der Waals surface area contributed by atoms with Gasteiger partial charge in [-0.05, 0) is 38.6 Å². The Kier molecular flexibility index (Phi) is 4.64. The van der Waals surface area contributed by atoms with E-state index in [2.05, 4.69) is 12.1 Å². The lowest BCUT2D eigenvalue weighted by atomic mass is 10.0. The van der Waals surface area contributed by atoms with Crippen LogP contribution in [0.2, 0.25) is 0 Å². The lowest BCUT2D eigenvalue weighted by molar-refractivity contribution is -0.0241. The molecule has 1 aliphatic heterocycles. The Morgan fingerprint density at radius 1 is 1.50 bits per heavy atom. The SMILES string of the molecule is NCCCC1([SiH2]S)CCCCO1. The molecule has 72 valence electrons. The molecule has 1 aliphatic rings. The highest BCUT2D eigenvalue weighted by Gasteiger charge is 2.31. The Bertz CT molecular complexity index is 128. The zero-order valence-electron chi connectivity index (χ0n) is 7.59. The van der Waals surface area contributed by atoms with Gasteiger partial charge in [0.1, 0.15) is 8.67 Å². The number of hydrogen-bond donors (Lipinski definition) is 2. The Labute approximate surface area is 82.1 Å². The van der Waals surface area contributed by atoms with E-state index >= 15 is 0 Å². The second-order valence-electron chi connectivity index (χ2n) is 3.54. The number of rotatable bonds is 4. The van der Waals surface area contributed by atoms with Crippen LogP contribution in [-0.2, 0) is 4.74 Å². The Morgan fingerprint density at radius 3 is 2.83 bits per heavy atom. The third-order valence-corrected chi connectivity index (χ3v) is 5.78. The minimum absolute atomic E-state index is 0.195. The van der Waals surface area contributed by atoms with Crippen LogP contribution in [0.25, 0.3) is 0 Å². The van der Waals surface area contributed by atoms with E-state index in [0.717, 1.165) is 26.0 Å². The summed E-state index contributed by atoms with van der Waals surface area (Å²) in [4.78, 5) is 0. The van der Waals surface area contributed by atoms with Crippen molar-refractivity contribution in [3.8, 4) is 0 Å². The molecule has 0 spiro atoms. The topological polar surface area (TPSA) is 35.2 Å². The van der Waals surface area contributed by atoms with Gasteiger partial charge in [0.25, 0.3) is 0 Å². The summed E-state index contributed by atoms with van der Waals surface area (Å²) in [5.41, 5.74) is 5.49. The molecule has 0 amide bonds. The molecule has 0 radical (unpaired) electrons. The summed E-state index contributed by atoms with van der Waals surface area (Å²) in [5, 5.41) is 0.195. The number of thiol groups is 1. The molecule has 0 saturated carbocycles. The molecule has 12 heavy (non-hydrogen) atoms. The Morgan fingerprint density at radius 2 is 2.33 bits per heavy atom. The molecule has 1 fully saturated rings. The second kappa shape index (κ2) is 5.27. The van der Waals surface area contributed by atoms with Crippen molar-refractivity contribution >= 4 is 20.7 Å². The van der Waals surface area contributed by atoms with Gasteiger partial charge in [0.15, 0.2) is 0 Å². The van der Waals surface area contributed by atoms with Crippen LogP contribution in [0.15, 0.2) is 0 Å². The van der Waals surface area contributed by atoms with E-state index in [1.807, 2.05) is 0 Å². The van der Waals surface area contributed by atoms with E-state index in [1.54, 1.807) is 0 Å². The Balaban J connectivity index is 2.37. The van der Waals surface area contributed by atoms with Gasteiger partial charge in [-0.25, -0.2) is 12.1 Å². The van der Waals surface area contributed by atoms with Crippen LogP contribution in [-0.4, -0.2) is 27.0 Å². The van der Waals surface area contributed by atoms with Crippen molar-refractivity contribution in [1.82, 2.24) is 0 Å². The molecule has 0 aliphatic carbocycles. The van der Waals surface area contributed by atoms with Gasteiger partial charge in [0.2, 0.25) is 0 Å². The van der Waals surface area contributed by atoms with Gasteiger partial charge >= 0.3 is 0 Å². The molecule has 0 aromatic rings. The molecule has 1 unspecified atom stereocenters. The highest BCUT2D eigenvalue weighted by Crippen LogP contribution is 2.28. The number of ether oxygens (including phenoxy) is 1. The molecule has 1 saturated heterocycles. The predicted molar refractivity (Wildman–Crippen MR) is 58.4 cm³/mol. The first-order valence-corrected chi connectivity index (χ1v) is 8.01. The summed E-state index contributed by atoms with van der Waals surface area (Å²) in [5.74, 6) is 0. The highest BCUT2D eigenvalue weighted by atomic mass is 32.3. The lowest BCUT2D eigenvalue weighted by Crippen LogP contribution is -2.40. The number of hydrogen-bond acceptors (Lipinski definition) is 3. The molecule has 4 heteroatoms. The lowest BCUT2D eigenvalue weighted by Gasteiger charge is -2.36. The van der Waals surface area contributed by atoms with Gasteiger partial charge in [-0.15, -0.1) is 0 Å². The minimum atomic E-state index is -0.342. The number of nitrogens with two attached hydrogens (primary N) is 1. The normalized spacial score (nSPS) is 31.5. The van der Waals surface area contributed by atoms with Crippen molar-refractivity contribution < 1.29 is 4.74 Å². The van der Waals surface area contributed by atoms with E-state index in [1.165, 1.54) is 19.3 Å². The highest BCUT2D eigenvalue weighted by molar-refractivity contribution is 8.07. The average Bonchev–Trinajstić information content (AvgIpc) is 2.16. The zero-order valence-corrected chi connectivity index (χ0v) is 9.90. The van der Waals surface area contributed by atoms with Crippen molar-refractivity contribution in [3.05, 3.63) is 0 Å². The van der Waals surface area contributed by atoms with Crippen LogP contribution >= 0.6 is 12.1 Å². The van der Waals surface area contributed by atoms with E-state index in [4.69, 9.17) is 10.5 Å². The molecule has 0 aromatic carbocycles. The third-order valence-electron chi connectivity index (χ3n) is 2.56. The van der Waals surface area contributed by atoms with Crippen LogP contribution < -0.4 is 5.73 Å². The van der Waals surface area contributed by atoms with Crippen LogP contribution in [0, 0.1) is 0 Å². The molecule has 1 atom stereocenters. The summed E-state index contributed by atoms with van der Waals surface area (Å²) in [6.45, 7) is 1.73. The Hall–Kier alpha value is 0.487. The van der Waals surface area contributed by atoms with Crippen LogP contribution in [0.4, 0.5) is 0 Å².